The highest BCUT2D eigenvalue weighted by Gasteiger charge is 2.16. The van der Waals surface area contributed by atoms with Crippen LogP contribution in [0.2, 0.25) is 0 Å². The summed E-state index contributed by atoms with van der Waals surface area (Å²) in [5.41, 5.74) is 2.41. The van der Waals surface area contributed by atoms with Crippen LogP contribution in [0.5, 0.6) is 5.75 Å². The lowest BCUT2D eigenvalue weighted by molar-refractivity contribution is -0.116. The number of thiazole rings is 1. The van der Waals surface area contributed by atoms with E-state index in [0.29, 0.717) is 17.9 Å². The van der Waals surface area contributed by atoms with Crippen LogP contribution in [-0.4, -0.2) is 26.4 Å². The summed E-state index contributed by atoms with van der Waals surface area (Å²) in [5, 5.41) is 4.84. The molecule has 7 nitrogen and oxygen atoms in total. The zero-order valence-electron chi connectivity index (χ0n) is 16.3. The molecule has 2 N–H and O–H groups in total. The molecule has 0 atom stereocenters. The Morgan fingerprint density at radius 2 is 1.93 bits per heavy atom. The predicted octanol–water partition coefficient (Wildman–Crippen LogP) is 4.59. The summed E-state index contributed by atoms with van der Waals surface area (Å²) in [6, 6.07) is 11.7. The molecular weight excluding hydrogens is 490 g/mol. The van der Waals surface area contributed by atoms with Gasteiger partial charge in [-0.05, 0) is 61.4 Å². The number of ether oxygens (including phenoxy) is 1. The molecule has 10 heteroatoms. The van der Waals surface area contributed by atoms with Crippen molar-refractivity contribution >= 4 is 54.0 Å². The number of nitrogens with one attached hydrogen (secondary N) is 2. The predicted molar refractivity (Wildman–Crippen MR) is 122 cm³/mol. The Morgan fingerprint density at radius 3 is 2.60 bits per heavy atom. The van der Waals surface area contributed by atoms with E-state index in [1.54, 1.807) is 17.5 Å². The fourth-order valence-corrected chi connectivity index (χ4v) is 4.83. The third kappa shape index (κ3) is 5.80. The van der Waals surface area contributed by atoms with Crippen molar-refractivity contribution < 1.29 is 17.9 Å². The largest absolute Gasteiger partial charge is 0.497 e. The van der Waals surface area contributed by atoms with Gasteiger partial charge in [-0.25, -0.2) is 13.4 Å². The monoisotopic (exact) mass is 509 g/mol. The fourth-order valence-electron chi connectivity index (χ4n) is 2.58. The quantitative estimate of drug-likeness (QED) is 0.462. The lowest BCUT2D eigenvalue weighted by atomic mass is 10.2. The number of hydrogen-bond acceptors (Lipinski definition) is 6. The average molecular weight is 510 g/mol. The van der Waals surface area contributed by atoms with E-state index < -0.39 is 10.0 Å². The number of carbonyl (C=O) groups is 1. The van der Waals surface area contributed by atoms with Gasteiger partial charge in [0.25, 0.3) is 10.0 Å². The first kappa shape index (κ1) is 22.3. The zero-order valence-corrected chi connectivity index (χ0v) is 19.5. The van der Waals surface area contributed by atoms with Gasteiger partial charge in [0.1, 0.15) is 5.75 Å². The van der Waals surface area contributed by atoms with Gasteiger partial charge in [0.15, 0.2) is 5.13 Å². The second-order valence-corrected chi connectivity index (χ2v) is 9.83. The Bertz CT molecular complexity index is 1150. The Balaban J connectivity index is 1.56. The molecule has 1 heterocycles. The van der Waals surface area contributed by atoms with E-state index in [-0.39, 0.29) is 22.4 Å². The van der Waals surface area contributed by atoms with Crippen molar-refractivity contribution in [3.63, 3.8) is 0 Å². The van der Waals surface area contributed by atoms with Crippen LogP contribution in [0.1, 0.15) is 17.7 Å². The molecule has 0 saturated heterocycles. The molecule has 0 saturated carbocycles. The van der Waals surface area contributed by atoms with Crippen LogP contribution in [0.15, 0.2) is 57.2 Å². The van der Waals surface area contributed by atoms with Crippen molar-refractivity contribution in [1.29, 1.82) is 0 Å². The maximum atomic E-state index is 12.5. The number of nitrogens with zero attached hydrogens (tertiary/aromatic N) is 1. The van der Waals surface area contributed by atoms with Gasteiger partial charge in [-0.2, -0.15) is 0 Å². The molecule has 0 radical (unpaired) electrons. The fraction of sp³-hybridized carbons (Fsp3) is 0.200. The molecule has 0 fully saturated rings. The van der Waals surface area contributed by atoms with E-state index in [2.05, 4.69) is 31.0 Å². The molecule has 0 aliphatic carbocycles. The van der Waals surface area contributed by atoms with Crippen LogP contribution in [-0.2, 0) is 21.2 Å². The Morgan fingerprint density at radius 1 is 1.20 bits per heavy atom. The Hall–Kier alpha value is -2.43. The molecule has 0 spiro atoms. The van der Waals surface area contributed by atoms with Crippen molar-refractivity contribution in [2.45, 2.75) is 24.7 Å². The van der Waals surface area contributed by atoms with Gasteiger partial charge in [-0.15, -0.1) is 11.3 Å². The van der Waals surface area contributed by atoms with E-state index in [4.69, 9.17) is 4.74 Å². The minimum absolute atomic E-state index is 0.115. The highest BCUT2D eigenvalue weighted by Crippen LogP contribution is 2.23. The first-order chi connectivity index (χ1) is 14.3. The molecule has 0 bridgehead atoms. The topological polar surface area (TPSA) is 97.4 Å². The van der Waals surface area contributed by atoms with E-state index in [1.165, 1.54) is 30.6 Å². The van der Waals surface area contributed by atoms with Crippen molar-refractivity contribution in [2.75, 3.05) is 17.1 Å². The first-order valence-corrected chi connectivity index (χ1v) is 12.1. The maximum Gasteiger partial charge on any atom is 0.263 e. The number of carbonyl (C=O) groups excluding carboxylic acids is 1. The van der Waals surface area contributed by atoms with E-state index in [9.17, 15) is 13.2 Å². The average Bonchev–Trinajstić information content (AvgIpc) is 3.16. The smallest absolute Gasteiger partial charge is 0.263 e. The summed E-state index contributed by atoms with van der Waals surface area (Å²) < 4.78 is 33.4. The van der Waals surface area contributed by atoms with Crippen LogP contribution in [0.3, 0.4) is 0 Å². The van der Waals surface area contributed by atoms with Crippen LogP contribution in [0.25, 0.3) is 0 Å². The first-order valence-electron chi connectivity index (χ1n) is 8.94. The zero-order chi connectivity index (χ0) is 21.7. The molecule has 3 aromatic rings. The van der Waals surface area contributed by atoms with Crippen LogP contribution in [0.4, 0.5) is 10.8 Å². The van der Waals surface area contributed by atoms with Crippen molar-refractivity contribution in [1.82, 2.24) is 4.98 Å². The minimum atomic E-state index is -3.75. The molecule has 0 aliphatic rings. The van der Waals surface area contributed by atoms with Gasteiger partial charge in [0, 0.05) is 22.0 Å². The second kappa shape index (κ2) is 9.59. The third-order valence-electron chi connectivity index (χ3n) is 4.19. The van der Waals surface area contributed by atoms with Crippen LogP contribution >= 0.6 is 27.3 Å². The second-order valence-electron chi connectivity index (χ2n) is 6.44. The number of aryl methyl sites for hydroxylation is 2. The van der Waals surface area contributed by atoms with Crippen molar-refractivity contribution in [2.24, 2.45) is 0 Å². The van der Waals surface area contributed by atoms with Crippen molar-refractivity contribution in [3.8, 4) is 5.75 Å². The van der Waals surface area contributed by atoms with E-state index in [1.807, 2.05) is 25.1 Å². The number of sulfonamides is 1. The standard InChI is InChI=1S/C20H20BrN3O4S2/c1-13-11-14(3-9-18(13)21)22-19(25)10-4-15-12-29-20(23-15)24-30(26,27)17-7-5-16(28-2)6-8-17/h3,5-9,11-12H,4,10H2,1-2H3,(H,22,25)(H,23,24). The number of hydrogen-bond donors (Lipinski definition) is 2. The molecule has 3 rings (SSSR count). The van der Waals surface area contributed by atoms with Gasteiger partial charge in [0.2, 0.25) is 5.91 Å². The Labute approximate surface area is 187 Å². The Kier molecular flexibility index (Phi) is 7.11. The van der Waals surface area contributed by atoms with E-state index in [0.717, 1.165) is 15.7 Å². The van der Waals surface area contributed by atoms with Gasteiger partial charge in [0.05, 0.1) is 17.7 Å². The number of halogens is 1. The number of rotatable bonds is 8. The lowest BCUT2D eigenvalue weighted by Gasteiger charge is -2.07. The summed E-state index contributed by atoms with van der Waals surface area (Å²) in [4.78, 5) is 16.6. The number of benzene rings is 2. The van der Waals surface area contributed by atoms with Gasteiger partial charge < -0.3 is 10.1 Å². The summed E-state index contributed by atoms with van der Waals surface area (Å²) in [6.07, 6.45) is 0.644. The number of amides is 1. The van der Waals surface area contributed by atoms with Crippen LogP contribution < -0.4 is 14.8 Å². The van der Waals surface area contributed by atoms with Crippen LogP contribution in [0, 0.1) is 6.92 Å². The normalized spacial score (nSPS) is 11.2. The third-order valence-corrected chi connectivity index (χ3v) is 7.37. The maximum absolute atomic E-state index is 12.5. The number of anilines is 2. The summed E-state index contributed by atoms with van der Waals surface area (Å²) in [6.45, 7) is 1.95. The molecule has 1 aromatic heterocycles. The minimum Gasteiger partial charge on any atom is -0.497 e. The molecular formula is C20H20BrN3O4S2. The highest BCUT2D eigenvalue weighted by atomic mass is 79.9. The van der Waals surface area contributed by atoms with E-state index >= 15 is 0 Å². The lowest BCUT2D eigenvalue weighted by Crippen LogP contribution is -2.13. The van der Waals surface area contributed by atoms with Gasteiger partial charge in [-0.1, -0.05) is 15.9 Å². The molecule has 0 unspecified atom stereocenters. The molecule has 2 aromatic carbocycles. The highest BCUT2D eigenvalue weighted by molar-refractivity contribution is 9.10. The summed E-state index contributed by atoms with van der Waals surface area (Å²) in [5.74, 6) is 0.437. The van der Waals surface area contributed by atoms with Gasteiger partial charge >= 0.3 is 0 Å². The molecule has 1 amide bonds. The molecule has 0 aliphatic heterocycles. The van der Waals surface area contributed by atoms with Crippen molar-refractivity contribution in [3.05, 3.63) is 63.6 Å². The molecule has 158 valence electrons. The summed E-state index contributed by atoms with van der Waals surface area (Å²) >= 11 is 4.60. The number of aromatic nitrogens is 1. The number of methoxy groups -OCH3 is 1. The molecule has 30 heavy (non-hydrogen) atoms. The summed E-state index contributed by atoms with van der Waals surface area (Å²) in [7, 11) is -2.23. The van der Waals surface area contributed by atoms with Gasteiger partial charge in [-0.3, -0.25) is 9.52 Å². The SMILES string of the molecule is COc1ccc(S(=O)(=O)Nc2nc(CCC(=O)Nc3ccc(Br)c(C)c3)cs2)cc1.